The molecule has 5 nitrogen and oxygen atoms in total. The molecule has 0 atom stereocenters. The fourth-order valence-electron chi connectivity index (χ4n) is 2.49. The van der Waals surface area contributed by atoms with Gasteiger partial charge in [-0.2, -0.15) is 5.26 Å². The van der Waals surface area contributed by atoms with E-state index in [2.05, 4.69) is 6.07 Å². The molecule has 0 fully saturated rings. The zero-order valence-electron chi connectivity index (χ0n) is 15.7. The first-order valence-corrected chi connectivity index (χ1v) is 8.54. The Balaban J connectivity index is 1.83. The van der Waals surface area contributed by atoms with Crippen molar-refractivity contribution in [2.24, 2.45) is 0 Å². The lowest BCUT2D eigenvalue weighted by atomic mass is 10.1. The van der Waals surface area contributed by atoms with Crippen LogP contribution in [0.25, 0.3) is 6.08 Å². The first kappa shape index (κ1) is 19.9. The number of likely N-dealkylation sites (N-methyl/N-ethyl adjacent to an activating group) is 1. The minimum Gasteiger partial charge on any atom is -0.452 e. The van der Waals surface area contributed by atoms with E-state index in [1.54, 1.807) is 37.4 Å². The Morgan fingerprint density at radius 1 is 1.15 bits per heavy atom. The summed E-state index contributed by atoms with van der Waals surface area (Å²) in [5.74, 6) is -0.859. The predicted molar refractivity (Wildman–Crippen MR) is 104 cm³/mol. The van der Waals surface area contributed by atoms with Crippen molar-refractivity contribution in [2.75, 3.05) is 13.7 Å². The van der Waals surface area contributed by atoms with Gasteiger partial charge in [0.05, 0.1) is 11.6 Å². The summed E-state index contributed by atoms with van der Waals surface area (Å²) in [6.45, 7) is 4.19. The van der Waals surface area contributed by atoms with Crippen LogP contribution in [-0.2, 0) is 20.9 Å². The molecule has 0 aliphatic carbocycles. The molecule has 27 heavy (non-hydrogen) atoms. The molecule has 0 spiro atoms. The van der Waals surface area contributed by atoms with E-state index < -0.39 is 5.97 Å². The van der Waals surface area contributed by atoms with Crippen LogP contribution in [0.1, 0.15) is 27.8 Å². The van der Waals surface area contributed by atoms with E-state index in [1.165, 1.54) is 16.5 Å². The van der Waals surface area contributed by atoms with Crippen molar-refractivity contribution in [3.8, 4) is 6.07 Å². The van der Waals surface area contributed by atoms with Gasteiger partial charge >= 0.3 is 5.97 Å². The summed E-state index contributed by atoms with van der Waals surface area (Å²) in [5, 5.41) is 8.76. The topological polar surface area (TPSA) is 70.4 Å². The second kappa shape index (κ2) is 9.35. The first-order valence-electron chi connectivity index (χ1n) is 8.54. The highest BCUT2D eigenvalue weighted by Gasteiger charge is 2.12. The smallest absolute Gasteiger partial charge is 0.331 e. The number of nitrogens with zero attached hydrogens (tertiary/aromatic N) is 2. The molecule has 2 rings (SSSR count). The molecule has 0 bridgehead atoms. The zero-order valence-corrected chi connectivity index (χ0v) is 15.7. The number of nitriles is 1. The molecule has 138 valence electrons. The molecule has 2 aromatic carbocycles. The normalized spacial score (nSPS) is 10.4. The number of carbonyl (C=O) groups excluding carboxylic acids is 2. The van der Waals surface area contributed by atoms with Crippen molar-refractivity contribution in [1.29, 1.82) is 5.26 Å². The second-order valence-corrected chi connectivity index (χ2v) is 6.35. The van der Waals surface area contributed by atoms with E-state index in [-0.39, 0.29) is 12.5 Å². The van der Waals surface area contributed by atoms with Crippen LogP contribution in [0.4, 0.5) is 0 Å². The molecular weight excluding hydrogens is 340 g/mol. The molecule has 0 N–H and O–H groups in total. The van der Waals surface area contributed by atoms with Gasteiger partial charge in [0.1, 0.15) is 0 Å². The third-order valence-corrected chi connectivity index (χ3v) is 4.12. The Morgan fingerprint density at radius 3 is 2.48 bits per heavy atom. The number of hydrogen-bond donors (Lipinski definition) is 0. The second-order valence-electron chi connectivity index (χ2n) is 6.35. The monoisotopic (exact) mass is 362 g/mol. The quantitative estimate of drug-likeness (QED) is 0.583. The van der Waals surface area contributed by atoms with Gasteiger partial charge in [0.15, 0.2) is 6.61 Å². The maximum Gasteiger partial charge on any atom is 0.331 e. The molecule has 0 saturated heterocycles. The van der Waals surface area contributed by atoms with E-state index in [9.17, 15) is 9.59 Å². The van der Waals surface area contributed by atoms with Crippen LogP contribution in [0, 0.1) is 25.2 Å². The molecule has 2 aromatic rings. The van der Waals surface area contributed by atoms with Crippen molar-refractivity contribution in [2.45, 2.75) is 20.4 Å². The number of amides is 1. The van der Waals surface area contributed by atoms with Gasteiger partial charge in [0.25, 0.3) is 5.91 Å². The van der Waals surface area contributed by atoms with Crippen LogP contribution in [0.15, 0.2) is 48.5 Å². The SMILES string of the molecule is Cc1ccc(CN(C)C(=O)COC(=O)/C=C/c2ccc(C#N)cc2)c(C)c1. The van der Waals surface area contributed by atoms with Crippen LogP contribution in [-0.4, -0.2) is 30.4 Å². The van der Waals surface area contributed by atoms with Gasteiger partial charge in [-0.3, -0.25) is 4.79 Å². The van der Waals surface area contributed by atoms with E-state index in [4.69, 9.17) is 10.00 Å². The van der Waals surface area contributed by atoms with Crippen LogP contribution < -0.4 is 0 Å². The highest BCUT2D eigenvalue weighted by Crippen LogP contribution is 2.12. The first-order chi connectivity index (χ1) is 12.9. The van der Waals surface area contributed by atoms with Crippen molar-refractivity contribution in [3.05, 3.63) is 76.4 Å². The summed E-state index contributed by atoms with van der Waals surface area (Å²) in [6.07, 6.45) is 2.84. The average molecular weight is 362 g/mol. The lowest BCUT2D eigenvalue weighted by Gasteiger charge is -2.18. The van der Waals surface area contributed by atoms with Gasteiger partial charge in [-0.05, 0) is 48.7 Å². The molecule has 0 saturated carbocycles. The van der Waals surface area contributed by atoms with E-state index >= 15 is 0 Å². The third-order valence-electron chi connectivity index (χ3n) is 4.12. The highest BCUT2D eigenvalue weighted by atomic mass is 16.5. The Labute approximate surface area is 159 Å². The standard InChI is InChI=1S/C22H22N2O3/c1-16-4-10-20(17(2)12-16)14-24(3)21(25)15-27-22(26)11-9-18-5-7-19(13-23)8-6-18/h4-12H,14-15H2,1-3H3/b11-9+. The lowest BCUT2D eigenvalue weighted by Crippen LogP contribution is -2.30. The minimum atomic E-state index is -0.590. The summed E-state index contributed by atoms with van der Waals surface area (Å²) in [4.78, 5) is 25.5. The van der Waals surface area contributed by atoms with Gasteiger partial charge < -0.3 is 9.64 Å². The number of carbonyl (C=O) groups is 2. The van der Waals surface area contributed by atoms with E-state index in [0.29, 0.717) is 12.1 Å². The summed E-state index contributed by atoms with van der Waals surface area (Å²) in [6, 6.07) is 14.9. The summed E-state index contributed by atoms with van der Waals surface area (Å²) in [5.41, 5.74) is 4.67. The Hall–Kier alpha value is -3.39. The molecular formula is C22H22N2O3. The van der Waals surface area contributed by atoms with Gasteiger partial charge in [-0.25, -0.2) is 4.79 Å². The van der Waals surface area contributed by atoms with Crippen molar-refractivity contribution >= 4 is 18.0 Å². The molecule has 0 heterocycles. The minimum absolute atomic E-state index is 0.268. The van der Waals surface area contributed by atoms with Gasteiger partial charge in [0.2, 0.25) is 0 Å². The van der Waals surface area contributed by atoms with Crippen LogP contribution in [0.5, 0.6) is 0 Å². The van der Waals surface area contributed by atoms with Crippen LogP contribution >= 0.6 is 0 Å². The molecule has 0 aliphatic heterocycles. The molecule has 0 radical (unpaired) electrons. The van der Waals surface area contributed by atoms with Crippen LogP contribution in [0.3, 0.4) is 0 Å². The van der Waals surface area contributed by atoms with Crippen molar-refractivity contribution < 1.29 is 14.3 Å². The fraction of sp³-hybridized carbons (Fsp3) is 0.227. The lowest BCUT2D eigenvalue weighted by molar-refractivity contribution is -0.147. The number of benzene rings is 2. The largest absolute Gasteiger partial charge is 0.452 e. The maximum atomic E-state index is 12.2. The Morgan fingerprint density at radius 2 is 1.85 bits per heavy atom. The Bertz CT molecular complexity index is 893. The number of esters is 1. The average Bonchev–Trinajstić information content (AvgIpc) is 2.66. The number of ether oxygens (including phenoxy) is 1. The Kier molecular flexibility index (Phi) is 6.90. The number of rotatable bonds is 6. The highest BCUT2D eigenvalue weighted by molar-refractivity contribution is 5.89. The molecule has 1 amide bonds. The summed E-state index contributed by atoms with van der Waals surface area (Å²) >= 11 is 0. The predicted octanol–water partition coefficient (Wildman–Crippen LogP) is 3.39. The molecule has 0 unspecified atom stereocenters. The zero-order chi connectivity index (χ0) is 19.8. The summed E-state index contributed by atoms with van der Waals surface area (Å²) in [7, 11) is 1.68. The van der Waals surface area contributed by atoms with E-state index in [0.717, 1.165) is 16.7 Å². The molecule has 0 aromatic heterocycles. The maximum absolute atomic E-state index is 12.2. The molecule has 5 heteroatoms. The van der Waals surface area contributed by atoms with Crippen molar-refractivity contribution in [3.63, 3.8) is 0 Å². The van der Waals surface area contributed by atoms with Crippen LogP contribution in [0.2, 0.25) is 0 Å². The fourth-order valence-corrected chi connectivity index (χ4v) is 2.49. The van der Waals surface area contributed by atoms with E-state index in [1.807, 2.05) is 32.0 Å². The molecule has 0 aliphatic rings. The van der Waals surface area contributed by atoms with Gasteiger partial charge in [-0.1, -0.05) is 35.9 Å². The number of hydrogen-bond acceptors (Lipinski definition) is 4. The van der Waals surface area contributed by atoms with Crippen molar-refractivity contribution in [1.82, 2.24) is 4.90 Å². The van der Waals surface area contributed by atoms with Gasteiger partial charge in [-0.15, -0.1) is 0 Å². The van der Waals surface area contributed by atoms with Gasteiger partial charge in [0, 0.05) is 19.7 Å². The number of aryl methyl sites for hydroxylation is 2. The summed E-state index contributed by atoms with van der Waals surface area (Å²) < 4.78 is 5.01. The third kappa shape index (κ3) is 6.12.